The number of fused-ring (bicyclic) bond motifs is 1. The molecule has 3 heteroatoms. The molecule has 2 saturated heterocycles. The summed E-state index contributed by atoms with van der Waals surface area (Å²) >= 11 is 0. The van der Waals surface area contributed by atoms with Crippen LogP contribution in [0.25, 0.3) is 0 Å². The van der Waals surface area contributed by atoms with Gasteiger partial charge in [-0.25, -0.2) is 0 Å². The molecule has 110 valence electrons. The Morgan fingerprint density at radius 2 is 1.10 bits per heavy atom. The second-order valence-corrected chi connectivity index (χ2v) is 5.12. The lowest BCUT2D eigenvalue weighted by atomic mass is 10.2. The van der Waals surface area contributed by atoms with Gasteiger partial charge in [0.25, 0.3) is 0 Å². The molecule has 0 N–H and O–H groups in total. The third-order valence-corrected chi connectivity index (χ3v) is 3.61. The van der Waals surface area contributed by atoms with Gasteiger partial charge in [-0.15, -0.1) is 0 Å². The standard InChI is InChI=1S/C12H10O.C6H10O2/c1-3-7-11(8-4-1)13-12-9-5-2-6-10-12;1-3-7-6-2-4-8-5(1)6/h1-10H;5-6H,1-4H2. The lowest BCUT2D eigenvalue weighted by Crippen LogP contribution is -2.13. The van der Waals surface area contributed by atoms with E-state index in [4.69, 9.17) is 14.2 Å². The van der Waals surface area contributed by atoms with Crippen LogP contribution < -0.4 is 4.74 Å². The van der Waals surface area contributed by atoms with Gasteiger partial charge < -0.3 is 14.2 Å². The van der Waals surface area contributed by atoms with Gasteiger partial charge in [0.15, 0.2) is 0 Å². The highest BCUT2D eigenvalue weighted by atomic mass is 16.6. The molecule has 0 aromatic heterocycles. The van der Waals surface area contributed by atoms with Crippen molar-refractivity contribution in [1.29, 1.82) is 0 Å². The van der Waals surface area contributed by atoms with Crippen LogP contribution in [-0.2, 0) is 9.47 Å². The van der Waals surface area contributed by atoms with E-state index >= 15 is 0 Å². The largest absolute Gasteiger partial charge is 0.457 e. The Bertz CT molecular complexity index is 469. The Kier molecular flexibility index (Phi) is 4.87. The third-order valence-electron chi connectivity index (χ3n) is 3.61. The molecule has 4 rings (SSSR count). The zero-order valence-corrected chi connectivity index (χ0v) is 12.0. The van der Waals surface area contributed by atoms with Crippen LogP contribution in [0, 0.1) is 0 Å². The van der Waals surface area contributed by atoms with E-state index < -0.39 is 0 Å². The topological polar surface area (TPSA) is 27.7 Å². The maximum absolute atomic E-state index is 5.58. The van der Waals surface area contributed by atoms with Crippen molar-refractivity contribution in [3.63, 3.8) is 0 Å². The summed E-state index contributed by atoms with van der Waals surface area (Å²) in [5, 5.41) is 0. The molecule has 2 fully saturated rings. The summed E-state index contributed by atoms with van der Waals surface area (Å²) < 4.78 is 16.3. The Balaban J connectivity index is 0.000000140. The van der Waals surface area contributed by atoms with Crippen LogP contribution in [0.2, 0.25) is 0 Å². The van der Waals surface area contributed by atoms with Crippen molar-refractivity contribution in [3.8, 4) is 11.5 Å². The second kappa shape index (κ2) is 7.25. The number of rotatable bonds is 2. The number of ether oxygens (including phenoxy) is 3. The first-order valence-corrected chi connectivity index (χ1v) is 7.43. The average Bonchev–Trinajstić information content (AvgIpc) is 3.14. The lowest BCUT2D eigenvalue weighted by Gasteiger charge is -2.03. The van der Waals surface area contributed by atoms with Gasteiger partial charge in [0.05, 0.1) is 12.2 Å². The minimum Gasteiger partial charge on any atom is -0.457 e. The fourth-order valence-electron chi connectivity index (χ4n) is 2.54. The molecule has 0 bridgehead atoms. The molecule has 2 aliphatic rings. The first-order chi connectivity index (χ1) is 10.4. The molecular formula is C18H20O3. The maximum atomic E-state index is 5.58. The first-order valence-electron chi connectivity index (χ1n) is 7.43. The summed E-state index contributed by atoms with van der Waals surface area (Å²) in [6.07, 6.45) is 3.14. The van der Waals surface area contributed by atoms with Crippen molar-refractivity contribution in [1.82, 2.24) is 0 Å². The van der Waals surface area contributed by atoms with Crippen LogP contribution in [0.4, 0.5) is 0 Å². The van der Waals surface area contributed by atoms with Crippen LogP contribution >= 0.6 is 0 Å². The molecular weight excluding hydrogens is 264 g/mol. The van der Waals surface area contributed by atoms with Gasteiger partial charge in [-0.05, 0) is 37.1 Å². The summed E-state index contributed by atoms with van der Waals surface area (Å²) in [5.41, 5.74) is 0. The fraction of sp³-hybridized carbons (Fsp3) is 0.333. The Morgan fingerprint density at radius 3 is 1.52 bits per heavy atom. The first kappa shape index (κ1) is 14.1. The fourth-order valence-corrected chi connectivity index (χ4v) is 2.54. The molecule has 2 aromatic rings. The van der Waals surface area contributed by atoms with Crippen LogP contribution in [0.5, 0.6) is 11.5 Å². The zero-order chi connectivity index (χ0) is 14.3. The minimum absolute atomic E-state index is 0.454. The van der Waals surface area contributed by atoms with Crippen LogP contribution in [-0.4, -0.2) is 25.4 Å². The Labute approximate surface area is 125 Å². The zero-order valence-electron chi connectivity index (χ0n) is 12.0. The van der Waals surface area contributed by atoms with E-state index in [0.717, 1.165) is 37.6 Å². The lowest BCUT2D eigenvalue weighted by molar-refractivity contribution is 0.0732. The van der Waals surface area contributed by atoms with E-state index in [1.165, 1.54) is 0 Å². The van der Waals surface area contributed by atoms with Crippen LogP contribution in [0.3, 0.4) is 0 Å². The number of hydrogen-bond donors (Lipinski definition) is 0. The molecule has 2 aromatic carbocycles. The highest BCUT2D eigenvalue weighted by molar-refractivity contribution is 5.30. The Hall–Kier alpha value is -1.84. The predicted octanol–water partition coefficient (Wildman–Crippen LogP) is 4.04. The van der Waals surface area contributed by atoms with Crippen molar-refractivity contribution in [2.75, 3.05) is 13.2 Å². The molecule has 0 saturated carbocycles. The van der Waals surface area contributed by atoms with Crippen molar-refractivity contribution in [2.45, 2.75) is 25.0 Å². The van der Waals surface area contributed by atoms with Gasteiger partial charge in [0.1, 0.15) is 11.5 Å². The minimum atomic E-state index is 0.454. The molecule has 21 heavy (non-hydrogen) atoms. The normalized spacial score (nSPS) is 23.0. The molecule has 0 radical (unpaired) electrons. The monoisotopic (exact) mass is 284 g/mol. The summed E-state index contributed by atoms with van der Waals surface area (Å²) in [4.78, 5) is 0. The number of hydrogen-bond acceptors (Lipinski definition) is 3. The highest BCUT2D eigenvalue weighted by Crippen LogP contribution is 2.25. The van der Waals surface area contributed by atoms with Crippen LogP contribution in [0.1, 0.15) is 12.8 Å². The van der Waals surface area contributed by atoms with E-state index in [1.54, 1.807) is 0 Å². The van der Waals surface area contributed by atoms with Gasteiger partial charge in [0, 0.05) is 13.2 Å². The molecule has 0 aliphatic carbocycles. The van der Waals surface area contributed by atoms with Crippen molar-refractivity contribution < 1.29 is 14.2 Å². The quantitative estimate of drug-likeness (QED) is 0.833. The third kappa shape index (κ3) is 4.06. The smallest absolute Gasteiger partial charge is 0.127 e. The van der Waals surface area contributed by atoms with Gasteiger partial charge in [-0.3, -0.25) is 0 Å². The summed E-state index contributed by atoms with van der Waals surface area (Å²) in [7, 11) is 0. The predicted molar refractivity (Wildman–Crippen MR) is 81.7 cm³/mol. The molecule has 3 nitrogen and oxygen atoms in total. The highest BCUT2D eigenvalue weighted by Gasteiger charge is 2.33. The molecule has 2 atom stereocenters. The van der Waals surface area contributed by atoms with E-state index in [2.05, 4.69) is 0 Å². The van der Waals surface area contributed by atoms with E-state index in [1.807, 2.05) is 60.7 Å². The average molecular weight is 284 g/mol. The van der Waals surface area contributed by atoms with Gasteiger partial charge >= 0.3 is 0 Å². The van der Waals surface area contributed by atoms with Gasteiger partial charge in [0.2, 0.25) is 0 Å². The maximum Gasteiger partial charge on any atom is 0.127 e. The van der Waals surface area contributed by atoms with E-state index in [9.17, 15) is 0 Å². The number of benzene rings is 2. The van der Waals surface area contributed by atoms with Crippen molar-refractivity contribution in [3.05, 3.63) is 60.7 Å². The summed E-state index contributed by atoms with van der Waals surface area (Å²) in [5.74, 6) is 1.74. The van der Waals surface area contributed by atoms with E-state index in [-0.39, 0.29) is 0 Å². The second-order valence-electron chi connectivity index (χ2n) is 5.12. The van der Waals surface area contributed by atoms with Crippen molar-refractivity contribution in [2.24, 2.45) is 0 Å². The van der Waals surface area contributed by atoms with Gasteiger partial charge in [-0.1, -0.05) is 36.4 Å². The van der Waals surface area contributed by atoms with Gasteiger partial charge in [-0.2, -0.15) is 0 Å². The SMILES string of the molecule is C1CC2OCCC2O1.c1ccc(Oc2ccccc2)cc1. The molecule has 0 spiro atoms. The molecule has 0 amide bonds. The molecule has 2 aliphatic heterocycles. The molecule has 2 heterocycles. The van der Waals surface area contributed by atoms with Crippen molar-refractivity contribution >= 4 is 0 Å². The number of para-hydroxylation sites is 2. The molecule has 2 unspecified atom stereocenters. The summed E-state index contributed by atoms with van der Waals surface area (Å²) in [6, 6.07) is 19.5. The van der Waals surface area contributed by atoms with Crippen LogP contribution in [0.15, 0.2) is 60.7 Å². The van der Waals surface area contributed by atoms with E-state index in [0.29, 0.717) is 12.2 Å². The summed E-state index contributed by atoms with van der Waals surface area (Å²) in [6.45, 7) is 1.82. The Morgan fingerprint density at radius 1 is 0.667 bits per heavy atom.